The number of hydrogen-bond acceptors (Lipinski definition) is 4. The lowest BCUT2D eigenvalue weighted by Gasteiger charge is -2.01. The Balaban J connectivity index is 1.56. The number of benzene rings is 2. The highest BCUT2D eigenvalue weighted by Gasteiger charge is 2.24. The number of thioether (sulfide) groups is 1. The van der Waals surface area contributed by atoms with Crippen LogP contribution < -0.4 is 5.32 Å². The number of rotatable bonds is 3. The minimum absolute atomic E-state index is 0.239. The molecule has 0 saturated carbocycles. The molecule has 1 aromatic heterocycles. The van der Waals surface area contributed by atoms with Gasteiger partial charge >= 0.3 is 0 Å². The van der Waals surface area contributed by atoms with Crippen LogP contribution in [0.25, 0.3) is 17.4 Å². The Bertz CT molecular complexity index is 1120. The van der Waals surface area contributed by atoms with Crippen molar-refractivity contribution in [1.82, 2.24) is 5.32 Å². The molecule has 4 nitrogen and oxygen atoms in total. The number of hydrogen-bond donors (Lipinski definition) is 1. The molecule has 0 unspecified atom stereocenters. The molecule has 1 aliphatic rings. The van der Waals surface area contributed by atoms with Gasteiger partial charge < -0.3 is 9.73 Å². The standard InChI is InChI=1S/C20H11Cl3N2O2S/c21-11-1-4-13(5-2-11)24-20-25-19(26)18(28-20)10-14-6-8-17(27-14)15-9-12(22)3-7-16(15)23/h1-10H,(H,24,25,26)/b18-10+. The summed E-state index contributed by atoms with van der Waals surface area (Å²) in [4.78, 5) is 17.1. The number of amidine groups is 1. The van der Waals surface area contributed by atoms with Gasteiger partial charge in [0.25, 0.3) is 5.91 Å². The van der Waals surface area contributed by atoms with E-state index in [-0.39, 0.29) is 5.91 Å². The number of carbonyl (C=O) groups excluding carboxylic acids is 1. The van der Waals surface area contributed by atoms with Crippen molar-refractivity contribution < 1.29 is 9.21 Å². The first kappa shape index (κ1) is 19.2. The number of furan rings is 1. The van der Waals surface area contributed by atoms with E-state index in [2.05, 4.69) is 10.3 Å². The van der Waals surface area contributed by atoms with Gasteiger partial charge in [0.15, 0.2) is 5.17 Å². The summed E-state index contributed by atoms with van der Waals surface area (Å²) in [5, 5.41) is 4.94. The summed E-state index contributed by atoms with van der Waals surface area (Å²) in [5.74, 6) is 0.852. The van der Waals surface area contributed by atoms with Gasteiger partial charge in [0.05, 0.1) is 15.6 Å². The van der Waals surface area contributed by atoms with Gasteiger partial charge in [0.2, 0.25) is 0 Å². The van der Waals surface area contributed by atoms with Crippen LogP contribution in [0.2, 0.25) is 15.1 Å². The first-order valence-electron chi connectivity index (χ1n) is 8.08. The highest BCUT2D eigenvalue weighted by atomic mass is 35.5. The Morgan fingerprint density at radius 2 is 1.71 bits per heavy atom. The van der Waals surface area contributed by atoms with Crippen LogP contribution in [-0.4, -0.2) is 11.1 Å². The van der Waals surface area contributed by atoms with Crippen molar-refractivity contribution in [1.29, 1.82) is 0 Å². The van der Waals surface area contributed by atoms with Crippen molar-refractivity contribution in [2.24, 2.45) is 4.99 Å². The number of nitrogens with zero attached hydrogens (tertiary/aromatic N) is 1. The van der Waals surface area contributed by atoms with Gasteiger partial charge in [0.1, 0.15) is 11.5 Å². The Morgan fingerprint density at radius 1 is 0.964 bits per heavy atom. The Kier molecular flexibility index (Phi) is 5.51. The normalized spacial score (nSPS) is 16.8. The number of halogens is 3. The lowest BCUT2D eigenvalue weighted by molar-refractivity contribution is -0.115. The minimum atomic E-state index is -0.239. The molecular formula is C20H11Cl3N2O2S. The fourth-order valence-electron chi connectivity index (χ4n) is 2.50. The van der Waals surface area contributed by atoms with Gasteiger partial charge in [-0.3, -0.25) is 4.79 Å². The molecule has 2 heterocycles. The van der Waals surface area contributed by atoms with Crippen LogP contribution >= 0.6 is 46.6 Å². The van der Waals surface area contributed by atoms with E-state index < -0.39 is 0 Å². The summed E-state index contributed by atoms with van der Waals surface area (Å²) in [6, 6.07) is 15.7. The zero-order valence-electron chi connectivity index (χ0n) is 14.1. The number of aliphatic imine (C=N–C) groups is 1. The molecule has 0 spiro atoms. The zero-order valence-corrected chi connectivity index (χ0v) is 17.2. The molecule has 1 fully saturated rings. The van der Waals surface area contributed by atoms with Crippen LogP contribution in [0.5, 0.6) is 0 Å². The van der Waals surface area contributed by atoms with Crippen LogP contribution in [-0.2, 0) is 4.79 Å². The number of nitrogens with one attached hydrogen (secondary N) is 1. The highest BCUT2D eigenvalue weighted by Crippen LogP contribution is 2.34. The topological polar surface area (TPSA) is 54.6 Å². The van der Waals surface area contributed by atoms with Gasteiger partial charge in [-0.2, -0.15) is 0 Å². The zero-order chi connectivity index (χ0) is 19.7. The Hall–Kier alpha value is -2.18. The molecular weight excluding hydrogens is 439 g/mol. The summed E-state index contributed by atoms with van der Waals surface area (Å²) in [7, 11) is 0. The largest absolute Gasteiger partial charge is 0.457 e. The summed E-state index contributed by atoms with van der Waals surface area (Å²) in [6.07, 6.45) is 1.66. The maximum Gasteiger partial charge on any atom is 0.264 e. The molecule has 1 saturated heterocycles. The smallest absolute Gasteiger partial charge is 0.264 e. The summed E-state index contributed by atoms with van der Waals surface area (Å²) < 4.78 is 5.82. The lowest BCUT2D eigenvalue weighted by Crippen LogP contribution is -2.19. The molecule has 140 valence electrons. The van der Waals surface area contributed by atoms with Gasteiger partial charge in [-0.25, -0.2) is 4.99 Å². The van der Waals surface area contributed by atoms with Gasteiger partial charge in [0, 0.05) is 21.7 Å². The van der Waals surface area contributed by atoms with Crippen LogP contribution in [0.15, 0.2) is 68.9 Å². The van der Waals surface area contributed by atoms with Gasteiger partial charge in [-0.05, 0) is 66.4 Å². The van der Waals surface area contributed by atoms with Gasteiger partial charge in [-0.15, -0.1) is 0 Å². The van der Waals surface area contributed by atoms with Crippen molar-refractivity contribution in [3.8, 4) is 11.3 Å². The van der Waals surface area contributed by atoms with Crippen molar-refractivity contribution in [3.63, 3.8) is 0 Å². The second-order valence-electron chi connectivity index (χ2n) is 5.78. The van der Waals surface area contributed by atoms with Crippen LogP contribution in [0.3, 0.4) is 0 Å². The maximum atomic E-state index is 12.2. The quantitative estimate of drug-likeness (QED) is 0.447. The summed E-state index contributed by atoms with van der Waals surface area (Å²) in [5.41, 5.74) is 1.39. The second-order valence-corrected chi connectivity index (χ2v) is 8.10. The average molecular weight is 450 g/mol. The van der Waals surface area contributed by atoms with E-state index in [0.717, 1.165) is 0 Å². The number of amides is 1. The van der Waals surface area contributed by atoms with Crippen molar-refractivity contribution >= 4 is 69.4 Å². The molecule has 4 rings (SSSR count). The van der Waals surface area contributed by atoms with E-state index in [1.807, 2.05) is 0 Å². The summed E-state index contributed by atoms with van der Waals surface area (Å²) >= 11 is 19.3. The Morgan fingerprint density at radius 3 is 2.50 bits per heavy atom. The highest BCUT2D eigenvalue weighted by molar-refractivity contribution is 8.18. The molecule has 1 aliphatic heterocycles. The van der Waals surface area contributed by atoms with Crippen molar-refractivity contribution in [2.75, 3.05) is 0 Å². The molecule has 0 atom stereocenters. The molecule has 0 bridgehead atoms. The van der Waals surface area contributed by atoms with Gasteiger partial charge in [-0.1, -0.05) is 34.8 Å². The predicted octanol–water partition coefficient (Wildman–Crippen LogP) is 6.80. The third-order valence-corrected chi connectivity index (χ3v) is 5.53. The van der Waals surface area contributed by atoms with Crippen LogP contribution in [0.4, 0.5) is 5.69 Å². The molecule has 3 aromatic rings. The maximum absolute atomic E-state index is 12.2. The predicted molar refractivity (Wildman–Crippen MR) is 116 cm³/mol. The van der Waals surface area contributed by atoms with Crippen LogP contribution in [0, 0.1) is 0 Å². The van der Waals surface area contributed by atoms with E-state index in [9.17, 15) is 4.79 Å². The second kappa shape index (κ2) is 8.05. The molecule has 1 amide bonds. The summed E-state index contributed by atoms with van der Waals surface area (Å²) in [6.45, 7) is 0. The van der Waals surface area contributed by atoms with Crippen molar-refractivity contribution in [2.45, 2.75) is 0 Å². The third kappa shape index (κ3) is 4.28. The third-order valence-electron chi connectivity index (χ3n) is 3.80. The first-order valence-corrected chi connectivity index (χ1v) is 10.0. The van der Waals surface area contributed by atoms with E-state index >= 15 is 0 Å². The molecule has 8 heteroatoms. The van der Waals surface area contributed by atoms with E-state index in [1.165, 1.54) is 11.8 Å². The molecule has 2 aromatic carbocycles. The van der Waals surface area contributed by atoms with Crippen molar-refractivity contribution in [3.05, 3.63) is 80.3 Å². The van der Waals surface area contributed by atoms with Crippen LogP contribution in [0.1, 0.15) is 5.76 Å². The fraction of sp³-hybridized carbons (Fsp3) is 0. The lowest BCUT2D eigenvalue weighted by atomic mass is 10.2. The van der Waals surface area contributed by atoms with E-state index in [4.69, 9.17) is 39.2 Å². The molecule has 28 heavy (non-hydrogen) atoms. The minimum Gasteiger partial charge on any atom is -0.457 e. The first-order chi connectivity index (χ1) is 13.5. The Labute approximate surface area is 180 Å². The average Bonchev–Trinajstić information content (AvgIpc) is 3.26. The molecule has 0 radical (unpaired) electrons. The van der Waals surface area contributed by atoms with E-state index in [0.29, 0.717) is 47.9 Å². The monoisotopic (exact) mass is 448 g/mol. The fourth-order valence-corrected chi connectivity index (χ4v) is 3.83. The van der Waals surface area contributed by atoms with E-state index in [1.54, 1.807) is 60.7 Å². The SMILES string of the molecule is O=C1NC(=Nc2ccc(Cl)cc2)S/C1=C/c1ccc(-c2cc(Cl)ccc2Cl)o1. The molecule has 0 aliphatic carbocycles. The molecule has 1 N–H and O–H groups in total. The number of carbonyl (C=O) groups is 1.